The molecule has 4 heteroatoms. The van der Waals surface area contributed by atoms with Crippen LogP contribution in [0.15, 0.2) is 54.6 Å². The van der Waals surface area contributed by atoms with E-state index in [0.29, 0.717) is 12.6 Å². The molecule has 2 aromatic rings. The van der Waals surface area contributed by atoms with Crippen molar-refractivity contribution in [1.82, 2.24) is 10.2 Å². The van der Waals surface area contributed by atoms with Crippen molar-refractivity contribution < 1.29 is 4.79 Å². The van der Waals surface area contributed by atoms with E-state index in [-0.39, 0.29) is 11.3 Å². The van der Waals surface area contributed by atoms with Crippen LogP contribution in [0.25, 0.3) is 0 Å². The lowest BCUT2D eigenvalue weighted by molar-refractivity contribution is -0.146. The van der Waals surface area contributed by atoms with Crippen LogP contribution in [0.4, 0.5) is 0 Å². The predicted octanol–water partition coefficient (Wildman–Crippen LogP) is 4.05. The average Bonchev–Trinajstić information content (AvgIpc) is 2.58. The second-order valence-corrected chi connectivity index (χ2v) is 8.18. The standard InChI is InChI=1S/C22H25ClN2O/c23-19-11-9-17(10-12-19)13-22(15-25(16-22)20-7-4-8-20)21(26)24-14-18-5-2-1-3-6-18/h1-3,5-6,9-12,20H,4,7-8,13-16H2,(H,24,26). The number of carbonyl (C=O) groups excluding carboxylic acids is 1. The van der Waals surface area contributed by atoms with Gasteiger partial charge in [0.05, 0.1) is 5.41 Å². The second-order valence-electron chi connectivity index (χ2n) is 7.74. The van der Waals surface area contributed by atoms with E-state index in [1.165, 1.54) is 24.8 Å². The molecule has 1 saturated heterocycles. The number of hydrogen-bond acceptors (Lipinski definition) is 2. The molecule has 26 heavy (non-hydrogen) atoms. The number of nitrogens with zero attached hydrogens (tertiary/aromatic N) is 1. The largest absolute Gasteiger partial charge is 0.351 e. The van der Waals surface area contributed by atoms with Gasteiger partial charge in [-0.25, -0.2) is 0 Å². The maximum Gasteiger partial charge on any atom is 0.229 e. The number of hydrogen-bond donors (Lipinski definition) is 1. The summed E-state index contributed by atoms with van der Waals surface area (Å²) in [5, 5.41) is 3.91. The van der Waals surface area contributed by atoms with E-state index in [4.69, 9.17) is 11.6 Å². The number of likely N-dealkylation sites (tertiary alicyclic amines) is 1. The first kappa shape index (κ1) is 17.6. The van der Waals surface area contributed by atoms with Gasteiger partial charge in [0, 0.05) is 30.7 Å². The minimum absolute atomic E-state index is 0.173. The van der Waals surface area contributed by atoms with Crippen LogP contribution in [0.2, 0.25) is 5.02 Å². The lowest BCUT2D eigenvalue weighted by atomic mass is 9.71. The third kappa shape index (κ3) is 3.65. The molecule has 3 nitrogen and oxygen atoms in total. The monoisotopic (exact) mass is 368 g/mol. The summed E-state index contributed by atoms with van der Waals surface area (Å²) in [6.45, 7) is 2.31. The summed E-state index contributed by atoms with van der Waals surface area (Å²) in [6, 6.07) is 18.7. The van der Waals surface area contributed by atoms with Crippen LogP contribution >= 0.6 is 11.6 Å². The van der Waals surface area contributed by atoms with E-state index in [1.807, 2.05) is 54.6 Å². The Balaban J connectivity index is 1.45. The smallest absolute Gasteiger partial charge is 0.229 e. The van der Waals surface area contributed by atoms with E-state index in [9.17, 15) is 4.79 Å². The van der Waals surface area contributed by atoms with Gasteiger partial charge in [-0.3, -0.25) is 9.69 Å². The highest BCUT2D eigenvalue weighted by molar-refractivity contribution is 6.30. The topological polar surface area (TPSA) is 32.3 Å². The molecule has 1 aliphatic heterocycles. The zero-order valence-corrected chi connectivity index (χ0v) is 15.7. The van der Waals surface area contributed by atoms with E-state index in [0.717, 1.165) is 30.1 Å². The Morgan fingerprint density at radius 2 is 1.73 bits per heavy atom. The van der Waals surface area contributed by atoms with Gasteiger partial charge in [-0.1, -0.05) is 60.5 Å². The normalized spacial score (nSPS) is 19.4. The molecule has 4 rings (SSSR count). The van der Waals surface area contributed by atoms with Gasteiger partial charge in [0.1, 0.15) is 0 Å². The first-order chi connectivity index (χ1) is 12.6. The molecule has 2 fully saturated rings. The van der Waals surface area contributed by atoms with Crippen LogP contribution in [-0.2, 0) is 17.8 Å². The van der Waals surface area contributed by atoms with E-state index in [2.05, 4.69) is 10.2 Å². The van der Waals surface area contributed by atoms with Gasteiger partial charge in [0.2, 0.25) is 5.91 Å². The Morgan fingerprint density at radius 3 is 2.35 bits per heavy atom. The molecule has 136 valence electrons. The van der Waals surface area contributed by atoms with Crippen LogP contribution in [0.5, 0.6) is 0 Å². The Hall–Kier alpha value is -1.84. The SMILES string of the molecule is O=C(NCc1ccccc1)C1(Cc2ccc(Cl)cc2)CN(C2CCC2)C1. The first-order valence-corrected chi connectivity index (χ1v) is 9.83. The zero-order chi connectivity index (χ0) is 18.0. The number of halogens is 1. The van der Waals surface area contributed by atoms with Crippen molar-refractivity contribution in [3.63, 3.8) is 0 Å². The lowest BCUT2D eigenvalue weighted by Gasteiger charge is -2.54. The number of benzene rings is 2. The van der Waals surface area contributed by atoms with Crippen LogP contribution in [0.1, 0.15) is 30.4 Å². The molecule has 2 aliphatic rings. The molecule has 1 saturated carbocycles. The highest BCUT2D eigenvalue weighted by atomic mass is 35.5. The van der Waals surface area contributed by atoms with Gasteiger partial charge in [-0.2, -0.15) is 0 Å². The highest BCUT2D eigenvalue weighted by Crippen LogP contribution is 2.40. The van der Waals surface area contributed by atoms with Crippen LogP contribution in [0, 0.1) is 5.41 Å². The van der Waals surface area contributed by atoms with Crippen LogP contribution < -0.4 is 5.32 Å². The molecule has 1 heterocycles. The van der Waals surface area contributed by atoms with Crippen molar-refractivity contribution in [2.45, 2.75) is 38.3 Å². The molecular formula is C22H25ClN2O. The molecular weight excluding hydrogens is 344 g/mol. The number of carbonyl (C=O) groups is 1. The third-order valence-electron chi connectivity index (χ3n) is 5.84. The van der Waals surface area contributed by atoms with Crippen LogP contribution in [-0.4, -0.2) is 29.9 Å². The predicted molar refractivity (Wildman–Crippen MR) is 105 cm³/mol. The summed E-state index contributed by atoms with van der Waals surface area (Å²) in [5.74, 6) is 0.173. The maximum absolute atomic E-state index is 13.1. The lowest BCUT2D eigenvalue weighted by Crippen LogP contribution is -2.67. The Kier molecular flexibility index (Phi) is 5.01. The van der Waals surface area contributed by atoms with E-state index >= 15 is 0 Å². The summed E-state index contributed by atoms with van der Waals surface area (Å²) >= 11 is 6.01. The number of amides is 1. The van der Waals surface area contributed by atoms with Gasteiger partial charge in [0.25, 0.3) is 0 Å². The Labute approximate surface area is 160 Å². The van der Waals surface area contributed by atoms with Gasteiger partial charge in [-0.05, 0) is 42.5 Å². The van der Waals surface area contributed by atoms with Crippen molar-refractivity contribution >= 4 is 17.5 Å². The van der Waals surface area contributed by atoms with Gasteiger partial charge < -0.3 is 5.32 Å². The molecule has 1 amide bonds. The summed E-state index contributed by atoms with van der Waals surface area (Å²) in [7, 11) is 0. The molecule has 0 spiro atoms. The van der Waals surface area contributed by atoms with Crippen molar-refractivity contribution in [3.05, 3.63) is 70.7 Å². The molecule has 1 N–H and O–H groups in total. The minimum Gasteiger partial charge on any atom is -0.351 e. The molecule has 0 radical (unpaired) electrons. The summed E-state index contributed by atoms with van der Waals surface area (Å²) in [4.78, 5) is 15.6. The number of nitrogens with one attached hydrogen (secondary N) is 1. The van der Waals surface area contributed by atoms with Crippen LogP contribution in [0.3, 0.4) is 0 Å². The zero-order valence-electron chi connectivity index (χ0n) is 15.0. The van der Waals surface area contributed by atoms with Gasteiger partial charge in [0.15, 0.2) is 0 Å². The Morgan fingerprint density at radius 1 is 1.04 bits per heavy atom. The summed E-state index contributed by atoms with van der Waals surface area (Å²) < 4.78 is 0. The quantitative estimate of drug-likeness (QED) is 0.834. The maximum atomic E-state index is 13.1. The summed E-state index contributed by atoms with van der Waals surface area (Å²) in [6.07, 6.45) is 4.66. The fourth-order valence-electron chi connectivity index (χ4n) is 4.04. The molecule has 0 unspecified atom stereocenters. The molecule has 2 aromatic carbocycles. The van der Waals surface area contributed by atoms with Crippen molar-refractivity contribution in [2.24, 2.45) is 5.41 Å². The highest BCUT2D eigenvalue weighted by Gasteiger charge is 2.51. The van der Waals surface area contributed by atoms with E-state index < -0.39 is 0 Å². The first-order valence-electron chi connectivity index (χ1n) is 9.45. The Bertz CT molecular complexity index is 749. The van der Waals surface area contributed by atoms with Crippen molar-refractivity contribution in [3.8, 4) is 0 Å². The average molecular weight is 369 g/mol. The molecule has 0 bridgehead atoms. The molecule has 0 aromatic heterocycles. The number of rotatable bonds is 6. The van der Waals surface area contributed by atoms with Crippen molar-refractivity contribution in [1.29, 1.82) is 0 Å². The fourth-order valence-corrected chi connectivity index (χ4v) is 4.16. The van der Waals surface area contributed by atoms with Crippen molar-refractivity contribution in [2.75, 3.05) is 13.1 Å². The minimum atomic E-state index is -0.321. The second kappa shape index (κ2) is 7.42. The molecule has 1 aliphatic carbocycles. The summed E-state index contributed by atoms with van der Waals surface area (Å²) in [5.41, 5.74) is 1.99. The van der Waals surface area contributed by atoms with Gasteiger partial charge in [-0.15, -0.1) is 0 Å². The van der Waals surface area contributed by atoms with Gasteiger partial charge >= 0.3 is 0 Å². The van der Waals surface area contributed by atoms with E-state index in [1.54, 1.807) is 0 Å². The molecule has 0 atom stereocenters. The fraction of sp³-hybridized carbons (Fsp3) is 0.409. The third-order valence-corrected chi connectivity index (χ3v) is 6.09.